The molecule has 0 unspecified atom stereocenters. The molecule has 6 nitrogen and oxygen atoms in total. The van der Waals surface area contributed by atoms with Gasteiger partial charge in [-0.2, -0.15) is 0 Å². The average Bonchev–Trinajstić information content (AvgIpc) is 2.91. The number of carbonyl (C=O) groups is 2. The molecule has 0 radical (unpaired) electrons. The third-order valence-electron chi connectivity index (χ3n) is 3.65. The fraction of sp³-hybridized carbons (Fsp3) is 0.471. The Morgan fingerprint density at radius 1 is 1.13 bits per heavy atom. The summed E-state index contributed by atoms with van der Waals surface area (Å²) >= 11 is 0. The number of imidazole rings is 1. The molecular formula is C17H23N3O3. The summed E-state index contributed by atoms with van der Waals surface area (Å²) in [7, 11) is 0. The van der Waals surface area contributed by atoms with E-state index < -0.39 is 5.97 Å². The molecule has 0 spiro atoms. The van der Waals surface area contributed by atoms with Crippen LogP contribution in [0.15, 0.2) is 30.6 Å². The van der Waals surface area contributed by atoms with Crippen molar-refractivity contribution in [3.8, 4) is 0 Å². The van der Waals surface area contributed by atoms with Gasteiger partial charge in [-0.25, -0.2) is 4.98 Å². The average molecular weight is 317 g/mol. The van der Waals surface area contributed by atoms with Crippen LogP contribution in [-0.2, 0) is 16.0 Å². The summed E-state index contributed by atoms with van der Waals surface area (Å²) in [5.74, 6) is -0.747. The van der Waals surface area contributed by atoms with Crippen LogP contribution in [0.3, 0.4) is 0 Å². The topological polar surface area (TPSA) is 83.7 Å². The minimum atomic E-state index is -0.732. The second kappa shape index (κ2) is 8.92. The van der Waals surface area contributed by atoms with Gasteiger partial charge in [0.1, 0.15) is 5.65 Å². The Labute approximate surface area is 135 Å². The molecule has 0 saturated carbocycles. The normalized spacial score (nSPS) is 10.8. The molecule has 0 saturated heterocycles. The highest BCUT2D eigenvalue weighted by molar-refractivity contribution is 5.78. The van der Waals surface area contributed by atoms with Crippen molar-refractivity contribution in [3.63, 3.8) is 0 Å². The van der Waals surface area contributed by atoms with Crippen molar-refractivity contribution in [1.29, 1.82) is 0 Å². The quantitative estimate of drug-likeness (QED) is 0.659. The molecule has 1 amide bonds. The first-order valence-corrected chi connectivity index (χ1v) is 8.06. The molecule has 6 heteroatoms. The van der Waals surface area contributed by atoms with E-state index in [4.69, 9.17) is 5.11 Å². The number of aliphatic carboxylic acids is 1. The number of amides is 1. The van der Waals surface area contributed by atoms with Crippen LogP contribution in [0, 0.1) is 0 Å². The van der Waals surface area contributed by atoms with Crippen LogP contribution >= 0.6 is 0 Å². The first kappa shape index (κ1) is 17.0. The Morgan fingerprint density at radius 2 is 1.91 bits per heavy atom. The van der Waals surface area contributed by atoms with Crippen molar-refractivity contribution in [2.75, 3.05) is 6.54 Å². The van der Waals surface area contributed by atoms with Crippen molar-refractivity contribution in [3.05, 3.63) is 36.3 Å². The zero-order valence-corrected chi connectivity index (χ0v) is 13.2. The van der Waals surface area contributed by atoms with Gasteiger partial charge in [0, 0.05) is 25.4 Å². The van der Waals surface area contributed by atoms with Crippen LogP contribution < -0.4 is 5.32 Å². The number of carbonyl (C=O) groups excluding carboxylic acids is 1. The van der Waals surface area contributed by atoms with Gasteiger partial charge in [0.15, 0.2) is 0 Å². The third kappa shape index (κ3) is 6.10. The van der Waals surface area contributed by atoms with Crippen LogP contribution in [0.2, 0.25) is 0 Å². The fourth-order valence-corrected chi connectivity index (χ4v) is 2.46. The van der Waals surface area contributed by atoms with E-state index in [9.17, 15) is 9.59 Å². The molecule has 0 aliphatic heterocycles. The highest BCUT2D eigenvalue weighted by atomic mass is 16.4. The Kier molecular flexibility index (Phi) is 6.59. The molecule has 2 heterocycles. The lowest BCUT2D eigenvalue weighted by atomic mass is 10.1. The second-order valence-electron chi connectivity index (χ2n) is 5.64. The number of carboxylic acids is 1. The number of aromatic nitrogens is 2. The van der Waals surface area contributed by atoms with Gasteiger partial charge in [-0.05, 0) is 25.0 Å². The van der Waals surface area contributed by atoms with Crippen molar-refractivity contribution in [2.24, 2.45) is 0 Å². The highest BCUT2D eigenvalue weighted by Crippen LogP contribution is 2.06. The summed E-state index contributed by atoms with van der Waals surface area (Å²) in [4.78, 5) is 26.6. The molecule has 0 bridgehead atoms. The number of unbranched alkanes of at least 4 members (excludes halogenated alkanes) is 4. The van der Waals surface area contributed by atoms with Crippen molar-refractivity contribution >= 4 is 17.5 Å². The summed E-state index contributed by atoms with van der Waals surface area (Å²) < 4.78 is 1.90. The summed E-state index contributed by atoms with van der Waals surface area (Å²) in [5.41, 5.74) is 1.61. The number of carboxylic acid groups (broad SMARTS) is 1. The number of rotatable bonds is 10. The van der Waals surface area contributed by atoms with E-state index in [0.29, 0.717) is 13.0 Å². The molecule has 2 N–H and O–H groups in total. The highest BCUT2D eigenvalue weighted by Gasteiger charge is 2.06. The van der Waals surface area contributed by atoms with Crippen LogP contribution in [0.25, 0.3) is 5.65 Å². The Balaban J connectivity index is 1.57. The third-order valence-corrected chi connectivity index (χ3v) is 3.65. The van der Waals surface area contributed by atoms with Gasteiger partial charge in [-0.15, -0.1) is 0 Å². The molecule has 0 fully saturated rings. The fourth-order valence-electron chi connectivity index (χ4n) is 2.46. The SMILES string of the molecule is O=C(O)CCCCCCCNC(=O)Cc1cn2ccccc2n1. The number of fused-ring (bicyclic) bond motifs is 1. The summed E-state index contributed by atoms with van der Waals surface area (Å²) in [5, 5.41) is 11.4. The van der Waals surface area contributed by atoms with Gasteiger partial charge in [0.25, 0.3) is 0 Å². The lowest BCUT2D eigenvalue weighted by Crippen LogP contribution is -2.26. The Hall–Kier alpha value is -2.37. The maximum atomic E-state index is 11.9. The van der Waals surface area contributed by atoms with E-state index >= 15 is 0 Å². The summed E-state index contributed by atoms with van der Waals surface area (Å²) in [6, 6.07) is 5.75. The van der Waals surface area contributed by atoms with Gasteiger partial charge in [-0.1, -0.05) is 25.3 Å². The summed E-state index contributed by atoms with van der Waals surface area (Å²) in [6.45, 7) is 0.658. The van der Waals surface area contributed by atoms with E-state index in [1.54, 1.807) is 0 Å². The second-order valence-corrected chi connectivity index (χ2v) is 5.64. The van der Waals surface area contributed by atoms with Crippen LogP contribution in [0.4, 0.5) is 0 Å². The molecule has 124 valence electrons. The van der Waals surface area contributed by atoms with E-state index in [1.807, 2.05) is 35.0 Å². The zero-order valence-electron chi connectivity index (χ0n) is 13.2. The Morgan fingerprint density at radius 3 is 2.70 bits per heavy atom. The molecule has 0 atom stereocenters. The minimum absolute atomic E-state index is 0.0146. The Bertz CT molecular complexity index is 618. The van der Waals surface area contributed by atoms with Crippen molar-refractivity contribution in [2.45, 2.75) is 44.9 Å². The zero-order chi connectivity index (χ0) is 16.5. The largest absolute Gasteiger partial charge is 0.481 e. The van der Waals surface area contributed by atoms with Gasteiger partial charge >= 0.3 is 5.97 Å². The number of nitrogens with one attached hydrogen (secondary N) is 1. The summed E-state index contributed by atoms with van der Waals surface area (Å²) in [6.07, 6.45) is 8.92. The van der Waals surface area contributed by atoms with Crippen LogP contribution in [0.1, 0.15) is 44.2 Å². The smallest absolute Gasteiger partial charge is 0.303 e. The van der Waals surface area contributed by atoms with Gasteiger partial charge in [0.05, 0.1) is 12.1 Å². The molecule has 23 heavy (non-hydrogen) atoms. The predicted octanol–water partition coefficient (Wildman–Crippen LogP) is 2.42. The molecule has 2 aromatic rings. The first-order valence-electron chi connectivity index (χ1n) is 8.06. The van der Waals surface area contributed by atoms with E-state index in [2.05, 4.69) is 10.3 Å². The van der Waals surface area contributed by atoms with Crippen molar-refractivity contribution < 1.29 is 14.7 Å². The molecular weight excluding hydrogens is 294 g/mol. The molecule has 2 rings (SSSR count). The maximum Gasteiger partial charge on any atom is 0.303 e. The van der Waals surface area contributed by atoms with Gasteiger partial charge < -0.3 is 14.8 Å². The minimum Gasteiger partial charge on any atom is -0.481 e. The number of nitrogens with zero attached hydrogens (tertiary/aromatic N) is 2. The van der Waals surface area contributed by atoms with Gasteiger partial charge in [-0.3, -0.25) is 9.59 Å². The van der Waals surface area contributed by atoms with Crippen LogP contribution in [-0.4, -0.2) is 32.9 Å². The predicted molar refractivity (Wildman–Crippen MR) is 87.2 cm³/mol. The monoisotopic (exact) mass is 317 g/mol. The molecule has 2 aromatic heterocycles. The van der Waals surface area contributed by atoms with E-state index in [0.717, 1.165) is 43.4 Å². The number of hydrogen-bond donors (Lipinski definition) is 2. The standard InChI is InChI=1S/C17H23N3O3/c21-16(18-10-6-3-1-2-4-9-17(22)23)12-14-13-20-11-7-5-8-15(20)19-14/h5,7-8,11,13H,1-4,6,9-10,12H2,(H,18,21)(H,22,23). The first-order chi connectivity index (χ1) is 11.1. The molecule has 0 aliphatic carbocycles. The number of pyridine rings is 1. The molecule has 0 aliphatic rings. The van der Waals surface area contributed by atoms with E-state index in [-0.39, 0.29) is 12.3 Å². The lowest BCUT2D eigenvalue weighted by Gasteiger charge is -2.04. The maximum absolute atomic E-state index is 11.9. The van der Waals surface area contributed by atoms with Gasteiger partial charge in [0.2, 0.25) is 5.91 Å². The van der Waals surface area contributed by atoms with E-state index in [1.165, 1.54) is 0 Å². The lowest BCUT2D eigenvalue weighted by molar-refractivity contribution is -0.137. The van der Waals surface area contributed by atoms with Crippen molar-refractivity contribution in [1.82, 2.24) is 14.7 Å². The number of hydrogen-bond acceptors (Lipinski definition) is 3. The molecule has 0 aromatic carbocycles. The van der Waals surface area contributed by atoms with Crippen LogP contribution in [0.5, 0.6) is 0 Å².